The first kappa shape index (κ1) is 16.5. The first-order valence-electron chi connectivity index (χ1n) is 8.32. The van der Waals surface area contributed by atoms with Gasteiger partial charge in [0.15, 0.2) is 0 Å². The second kappa shape index (κ2) is 7.47. The van der Waals surface area contributed by atoms with Gasteiger partial charge in [0.25, 0.3) is 0 Å². The Morgan fingerprint density at radius 1 is 0.958 bits per heavy atom. The van der Waals surface area contributed by atoms with Crippen LogP contribution >= 0.6 is 0 Å². The fourth-order valence-corrected chi connectivity index (χ4v) is 3.08. The molecule has 3 heteroatoms. The Balaban J connectivity index is 1.98. The minimum atomic E-state index is -0.683. The molecule has 0 spiro atoms. The van der Waals surface area contributed by atoms with Gasteiger partial charge >= 0.3 is 0 Å². The van der Waals surface area contributed by atoms with Crippen LogP contribution in [0.5, 0.6) is 5.75 Å². The van der Waals surface area contributed by atoms with Gasteiger partial charge in [0.2, 0.25) is 0 Å². The van der Waals surface area contributed by atoms with E-state index in [2.05, 4.69) is 0 Å². The fraction of sp³-hybridized carbons (Fsp3) is 0.238. The smallest absolute Gasteiger partial charge is 0.124 e. The molecule has 3 nitrogen and oxygen atoms in total. The summed E-state index contributed by atoms with van der Waals surface area (Å²) in [5, 5.41) is 12.8. The molecule has 3 aromatic rings. The summed E-state index contributed by atoms with van der Waals surface area (Å²) in [5.74, 6) is 0.746. The van der Waals surface area contributed by atoms with Gasteiger partial charge in [0, 0.05) is 12.0 Å². The van der Waals surface area contributed by atoms with Gasteiger partial charge in [-0.1, -0.05) is 60.7 Å². The van der Waals surface area contributed by atoms with Crippen molar-refractivity contribution >= 4 is 10.8 Å². The van der Waals surface area contributed by atoms with Crippen LogP contribution < -0.4 is 10.5 Å². The van der Waals surface area contributed by atoms with E-state index >= 15 is 0 Å². The van der Waals surface area contributed by atoms with Crippen LogP contribution in [0.15, 0.2) is 66.7 Å². The van der Waals surface area contributed by atoms with Crippen LogP contribution in [-0.4, -0.2) is 17.8 Å². The van der Waals surface area contributed by atoms with Crippen molar-refractivity contribution < 1.29 is 9.84 Å². The molecule has 0 unspecified atom stereocenters. The molecule has 0 saturated heterocycles. The lowest BCUT2D eigenvalue weighted by Crippen LogP contribution is -2.28. The van der Waals surface area contributed by atoms with E-state index < -0.39 is 12.1 Å². The van der Waals surface area contributed by atoms with Crippen LogP contribution in [-0.2, 0) is 6.42 Å². The Bertz CT molecular complexity index is 801. The standard InChI is InChI=1S/C21H23NO2/c1-2-24-19-13-12-16-10-6-7-11-17(16)20(19)21(22)18(23)14-15-8-4-3-5-9-15/h3-13,18,21,23H,2,14,22H2,1H3/t18-,21-/m0/s1. The molecule has 0 saturated carbocycles. The summed E-state index contributed by atoms with van der Waals surface area (Å²) in [6, 6.07) is 21.4. The molecule has 0 bridgehead atoms. The van der Waals surface area contributed by atoms with Crippen molar-refractivity contribution in [1.29, 1.82) is 0 Å². The molecule has 0 aromatic heterocycles. The Labute approximate surface area is 142 Å². The monoisotopic (exact) mass is 321 g/mol. The summed E-state index contributed by atoms with van der Waals surface area (Å²) in [5.41, 5.74) is 8.40. The van der Waals surface area contributed by atoms with E-state index in [1.165, 1.54) is 0 Å². The number of aliphatic hydroxyl groups excluding tert-OH is 1. The summed E-state index contributed by atoms with van der Waals surface area (Å²) < 4.78 is 5.78. The molecule has 0 fully saturated rings. The highest BCUT2D eigenvalue weighted by Gasteiger charge is 2.23. The van der Waals surface area contributed by atoms with Gasteiger partial charge in [-0.2, -0.15) is 0 Å². The molecule has 0 radical (unpaired) electrons. The van der Waals surface area contributed by atoms with Crippen LogP contribution in [0.1, 0.15) is 24.1 Å². The normalized spacial score (nSPS) is 13.6. The molecule has 3 rings (SSSR count). The summed E-state index contributed by atoms with van der Waals surface area (Å²) in [7, 11) is 0. The number of rotatable bonds is 6. The lowest BCUT2D eigenvalue weighted by atomic mass is 9.92. The highest BCUT2D eigenvalue weighted by Crippen LogP contribution is 2.34. The molecule has 0 amide bonds. The maximum Gasteiger partial charge on any atom is 0.124 e. The Morgan fingerprint density at radius 2 is 1.67 bits per heavy atom. The topological polar surface area (TPSA) is 55.5 Å². The largest absolute Gasteiger partial charge is 0.494 e. The first-order valence-corrected chi connectivity index (χ1v) is 8.32. The van der Waals surface area contributed by atoms with E-state index in [4.69, 9.17) is 10.5 Å². The van der Waals surface area contributed by atoms with Gasteiger partial charge in [0.1, 0.15) is 5.75 Å². The summed E-state index contributed by atoms with van der Waals surface area (Å²) in [4.78, 5) is 0. The zero-order valence-corrected chi connectivity index (χ0v) is 13.9. The zero-order valence-electron chi connectivity index (χ0n) is 13.9. The van der Waals surface area contributed by atoms with Crippen LogP contribution in [0, 0.1) is 0 Å². The molecule has 2 atom stereocenters. The summed E-state index contributed by atoms with van der Waals surface area (Å²) in [6.07, 6.45) is -0.172. The minimum Gasteiger partial charge on any atom is -0.494 e. The summed E-state index contributed by atoms with van der Waals surface area (Å²) in [6.45, 7) is 2.51. The molecular formula is C21H23NO2. The van der Waals surface area contributed by atoms with Crippen LogP contribution in [0.4, 0.5) is 0 Å². The van der Waals surface area contributed by atoms with Crippen LogP contribution in [0.3, 0.4) is 0 Å². The molecule has 3 aromatic carbocycles. The minimum absolute atomic E-state index is 0.511. The van der Waals surface area contributed by atoms with Gasteiger partial charge in [-0.25, -0.2) is 0 Å². The number of hydrogen-bond acceptors (Lipinski definition) is 3. The Hall–Kier alpha value is -2.36. The number of hydrogen-bond donors (Lipinski definition) is 2. The third kappa shape index (κ3) is 3.42. The molecule has 124 valence electrons. The highest BCUT2D eigenvalue weighted by molar-refractivity contribution is 5.88. The second-order valence-corrected chi connectivity index (χ2v) is 5.91. The van der Waals surface area contributed by atoms with E-state index in [0.717, 1.165) is 27.6 Å². The molecule has 3 N–H and O–H groups in total. The average molecular weight is 321 g/mol. The lowest BCUT2D eigenvalue weighted by Gasteiger charge is -2.23. The van der Waals surface area contributed by atoms with E-state index in [1.54, 1.807) is 0 Å². The highest BCUT2D eigenvalue weighted by atomic mass is 16.5. The maximum atomic E-state index is 10.7. The van der Waals surface area contributed by atoms with Gasteiger partial charge in [-0.05, 0) is 29.3 Å². The SMILES string of the molecule is CCOc1ccc2ccccc2c1[C@@H](N)[C@@H](O)Cc1ccccc1. The number of aliphatic hydroxyl groups is 1. The number of ether oxygens (including phenoxy) is 1. The second-order valence-electron chi connectivity index (χ2n) is 5.91. The quantitative estimate of drug-likeness (QED) is 0.725. The summed E-state index contributed by atoms with van der Waals surface area (Å²) >= 11 is 0. The Morgan fingerprint density at radius 3 is 2.42 bits per heavy atom. The zero-order chi connectivity index (χ0) is 16.9. The predicted molar refractivity (Wildman–Crippen MR) is 98.2 cm³/mol. The van der Waals surface area contributed by atoms with E-state index in [9.17, 15) is 5.11 Å². The molecule has 0 aliphatic rings. The van der Waals surface area contributed by atoms with Crippen molar-refractivity contribution in [3.05, 3.63) is 77.9 Å². The molecular weight excluding hydrogens is 298 g/mol. The van der Waals surface area contributed by atoms with E-state index in [1.807, 2.05) is 73.7 Å². The predicted octanol–water partition coefficient (Wildman–Crippen LogP) is 3.84. The average Bonchev–Trinajstić information content (AvgIpc) is 2.62. The van der Waals surface area contributed by atoms with Crippen LogP contribution in [0.2, 0.25) is 0 Å². The van der Waals surface area contributed by atoms with Crippen molar-refractivity contribution in [1.82, 2.24) is 0 Å². The first-order chi connectivity index (χ1) is 11.7. The maximum absolute atomic E-state index is 10.7. The lowest BCUT2D eigenvalue weighted by molar-refractivity contribution is 0.144. The number of nitrogens with two attached hydrogens (primary N) is 1. The molecule has 0 aliphatic carbocycles. The van der Waals surface area contributed by atoms with Gasteiger partial charge in [-0.15, -0.1) is 0 Å². The Kier molecular flexibility index (Phi) is 5.14. The van der Waals surface area contributed by atoms with Crippen molar-refractivity contribution in [3.8, 4) is 5.75 Å². The van der Waals surface area contributed by atoms with Crippen molar-refractivity contribution in [2.24, 2.45) is 5.73 Å². The van der Waals surface area contributed by atoms with E-state index in [-0.39, 0.29) is 0 Å². The van der Waals surface area contributed by atoms with Gasteiger partial charge in [0.05, 0.1) is 18.8 Å². The molecule has 24 heavy (non-hydrogen) atoms. The molecule has 0 aliphatic heterocycles. The third-order valence-electron chi connectivity index (χ3n) is 4.27. The third-order valence-corrected chi connectivity index (χ3v) is 4.27. The van der Waals surface area contributed by atoms with Crippen molar-refractivity contribution in [2.45, 2.75) is 25.5 Å². The van der Waals surface area contributed by atoms with E-state index in [0.29, 0.717) is 13.0 Å². The fourth-order valence-electron chi connectivity index (χ4n) is 3.08. The van der Waals surface area contributed by atoms with Crippen molar-refractivity contribution in [3.63, 3.8) is 0 Å². The number of benzene rings is 3. The van der Waals surface area contributed by atoms with Crippen molar-refractivity contribution in [2.75, 3.05) is 6.61 Å². The number of fused-ring (bicyclic) bond motifs is 1. The van der Waals surface area contributed by atoms with Gasteiger partial charge < -0.3 is 15.6 Å². The van der Waals surface area contributed by atoms with Crippen LogP contribution in [0.25, 0.3) is 10.8 Å². The van der Waals surface area contributed by atoms with Gasteiger partial charge in [-0.3, -0.25) is 0 Å². The molecule has 0 heterocycles.